The molecular formula is C10H16N4O2. The SMILES string of the molecule is CCOC(=O)C(C#N)C(N=CN)=NC(C)C. The number of esters is 1. The van der Waals surface area contributed by atoms with Crippen molar-refractivity contribution in [1.29, 1.82) is 5.26 Å². The number of hydrogen-bond acceptors (Lipinski definition) is 4. The predicted molar refractivity (Wildman–Crippen MR) is 61.0 cm³/mol. The first-order chi connectivity index (χ1) is 7.56. The molecule has 0 heterocycles. The van der Waals surface area contributed by atoms with E-state index in [1.807, 2.05) is 13.8 Å². The molecule has 0 radical (unpaired) electrons. The third-order valence-electron chi connectivity index (χ3n) is 1.51. The Labute approximate surface area is 94.8 Å². The molecule has 0 aromatic carbocycles. The normalized spacial score (nSPS) is 13.8. The summed E-state index contributed by atoms with van der Waals surface area (Å²) in [6.07, 6.45) is 1.00. The molecule has 0 saturated heterocycles. The van der Waals surface area contributed by atoms with Crippen molar-refractivity contribution in [3.05, 3.63) is 0 Å². The number of nitriles is 1. The van der Waals surface area contributed by atoms with Gasteiger partial charge in [0, 0.05) is 6.04 Å². The molecule has 0 spiro atoms. The van der Waals surface area contributed by atoms with Crippen LogP contribution in [0.2, 0.25) is 0 Å². The first kappa shape index (κ1) is 14.1. The van der Waals surface area contributed by atoms with E-state index >= 15 is 0 Å². The van der Waals surface area contributed by atoms with E-state index in [1.54, 1.807) is 13.0 Å². The lowest BCUT2D eigenvalue weighted by Gasteiger charge is -2.08. The number of hydrogen-bond donors (Lipinski definition) is 1. The first-order valence-corrected chi connectivity index (χ1v) is 4.95. The van der Waals surface area contributed by atoms with E-state index in [-0.39, 0.29) is 18.5 Å². The van der Waals surface area contributed by atoms with Gasteiger partial charge >= 0.3 is 5.97 Å². The lowest BCUT2D eigenvalue weighted by Crippen LogP contribution is -2.25. The molecule has 0 rings (SSSR count). The van der Waals surface area contributed by atoms with E-state index in [4.69, 9.17) is 15.7 Å². The Balaban J connectivity index is 5.02. The summed E-state index contributed by atoms with van der Waals surface area (Å²) in [4.78, 5) is 19.2. The van der Waals surface area contributed by atoms with Gasteiger partial charge in [-0.15, -0.1) is 0 Å². The number of carbonyl (C=O) groups is 1. The fraction of sp³-hybridized carbons (Fsp3) is 0.600. The standard InChI is InChI=1S/C10H16N4O2/c1-4-16-10(15)8(5-11)9(13-6-12)14-7(2)3/h6-8H,4H2,1-3H3,(H2,12,13,14). The lowest BCUT2D eigenvalue weighted by molar-refractivity contribution is -0.143. The highest BCUT2D eigenvalue weighted by Gasteiger charge is 2.25. The second-order valence-corrected chi connectivity index (χ2v) is 3.17. The predicted octanol–water partition coefficient (Wildman–Crippen LogP) is 0.483. The van der Waals surface area contributed by atoms with Gasteiger partial charge in [-0.2, -0.15) is 5.26 Å². The van der Waals surface area contributed by atoms with Gasteiger partial charge in [0.1, 0.15) is 0 Å². The van der Waals surface area contributed by atoms with Crippen LogP contribution in [0.15, 0.2) is 9.98 Å². The monoisotopic (exact) mass is 224 g/mol. The topological polar surface area (TPSA) is 101 Å². The van der Waals surface area contributed by atoms with E-state index in [0.29, 0.717) is 0 Å². The summed E-state index contributed by atoms with van der Waals surface area (Å²) in [5.74, 6) is -1.70. The average Bonchev–Trinajstić information content (AvgIpc) is 2.18. The Morgan fingerprint density at radius 1 is 1.62 bits per heavy atom. The van der Waals surface area contributed by atoms with Crippen LogP contribution in [0.1, 0.15) is 20.8 Å². The van der Waals surface area contributed by atoms with Crippen LogP contribution in [0.5, 0.6) is 0 Å². The Kier molecular flexibility index (Phi) is 6.52. The summed E-state index contributed by atoms with van der Waals surface area (Å²) in [6.45, 7) is 5.49. The van der Waals surface area contributed by atoms with Crippen molar-refractivity contribution in [3.63, 3.8) is 0 Å². The van der Waals surface area contributed by atoms with Gasteiger partial charge in [-0.1, -0.05) is 0 Å². The molecule has 0 aromatic rings. The molecule has 0 aliphatic carbocycles. The average molecular weight is 224 g/mol. The van der Waals surface area contributed by atoms with Crippen LogP contribution in [-0.2, 0) is 9.53 Å². The van der Waals surface area contributed by atoms with Crippen LogP contribution in [0.3, 0.4) is 0 Å². The number of nitrogens with zero attached hydrogens (tertiary/aromatic N) is 3. The Morgan fingerprint density at radius 2 is 2.25 bits per heavy atom. The number of rotatable bonds is 4. The van der Waals surface area contributed by atoms with Crippen molar-refractivity contribution in [3.8, 4) is 6.07 Å². The number of amidine groups is 1. The van der Waals surface area contributed by atoms with Crippen LogP contribution in [-0.4, -0.2) is 30.8 Å². The second kappa shape index (κ2) is 7.40. The Bertz CT molecular complexity index is 328. The van der Waals surface area contributed by atoms with Crippen molar-refractivity contribution in [1.82, 2.24) is 0 Å². The van der Waals surface area contributed by atoms with Gasteiger partial charge < -0.3 is 10.5 Å². The van der Waals surface area contributed by atoms with Crippen molar-refractivity contribution in [2.24, 2.45) is 21.6 Å². The largest absolute Gasteiger partial charge is 0.465 e. The number of nitrogens with two attached hydrogens (primary N) is 1. The molecule has 1 atom stereocenters. The minimum absolute atomic E-state index is 0.0797. The molecule has 88 valence electrons. The van der Waals surface area contributed by atoms with Crippen molar-refractivity contribution < 1.29 is 9.53 Å². The molecule has 0 aliphatic rings. The molecule has 6 heteroatoms. The van der Waals surface area contributed by atoms with Crippen LogP contribution < -0.4 is 5.73 Å². The van der Waals surface area contributed by atoms with Gasteiger partial charge in [0.05, 0.1) is 19.0 Å². The molecule has 0 aliphatic heterocycles. The molecule has 0 aromatic heterocycles. The molecule has 2 N–H and O–H groups in total. The summed E-state index contributed by atoms with van der Waals surface area (Å²) in [5.41, 5.74) is 5.14. The molecule has 16 heavy (non-hydrogen) atoms. The number of ether oxygens (including phenoxy) is 1. The highest BCUT2D eigenvalue weighted by atomic mass is 16.5. The fourth-order valence-electron chi connectivity index (χ4n) is 0.965. The maximum atomic E-state index is 11.4. The second-order valence-electron chi connectivity index (χ2n) is 3.17. The zero-order valence-corrected chi connectivity index (χ0v) is 9.67. The molecule has 1 unspecified atom stereocenters. The van der Waals surface area contributed by atoms with Crippen LogP contribution in [0.25, 0.3) is 0 Å². The lowest BCUT2D eigenvalue weighted by atomic mass is 10.1. The molecule has 0 bridgehead atoms. The maximum absolute atomic E-state index is 11.4. The van der Waals surface area contributed by atoms with Crippen LogP contribution in [0, 0.1) is 17.2 Å². The summed E-state index contributed by atoms with van der Waals surface area (Å²) in [5, 5.41) is 8.89. The highest BCUT2D eigenvalue weighted by molar-refractivity contribution is 6.06. The molecule has 0 saturated carbocycles. The van der Waals surface area contributed by atoms with Crippen LogP contribution >= 0.6 is 0 Å². The zero-order valence-electron chi connectivity index (χ0n) is 9.67. The zero-order chi connectivity index (χ0) is 12.6. The quantitative estimate of drug-likeness (QED) is 0.426. The minimum Gasteiger partial charge on any atom is -0.465 e. The van der Waals surface area contributed by atoms with Crippen molar-refractivity contribution in [2.75, 3.05) is 6.61 Å². The molecular weight excluding hydrogens is 208 g/mol. The number of carbonyl (C=O) groups excluding carboxylic acids is 1. The first-order valence-electron chi connectivity index (χ1n) is 4.95. The minimum atomic E-state index is -1.12. The molecule has 0 fully saturated rings. The van der Waals surface area contributed by atoms with Crippen molar-refractivity contribution in [2.45, 2.75) is 26.8 Å². The van der Waals surface area contributed by atoms with Gasteiger partial charge in [-0.25, -0.2) is 4.99 Å². The summed E-state index contributed by atoms with van der Waals surface area (Å²) >= 11 is 0. The molecule has 0 amide bonds. The van der Waals surface area contributed by atoms with Gasteiger partial charge in [0.2, 0.25) is 5.92 Å². The summed E-state index contributed by atoms with van der Waals surface area (Å²) in [7, 11) is 0. The smallest absolute Gasteiger partial charge is 0.331 e. The summed E-state index contributed by atoms with van der Waals surface area (Å²) < 4.78 is 4.75. The number of aliphatic imine (C=N–C) groups is 2. The fourth-order valence-corrected chi connectivity index (χ4v) is 0.965. The van der Waals surface area contributed by atoms with Crippen LogP contribution in [0.4, 0.5) is 0 Å². The highest BCUT2D eigenvalue weighted by Crippen LogP contribution is 2.05. The third-order valence-corrected chi connectivity index (χ3v) is 1.51. The third kappa shape index (κ3) is 4.55. The van der Waals surface area contributed by atoms with Gasteiger partial charge in [0.25, 0.3) is 0 Å². The Morgan fingerprint density at radius 3 is 2.62 bits per heavy atom. The summed E-state index contributed by atoms with van der Waals surface area (Å²) in [6, 6.07) is 1.72. The molecule has 6 nitrogen and oxygen atoms in total. The van der Waals surface area contributed by atoms with Crippen molar-refractivity contribution >= 4 is 18.1 Å². The van der Waals surface area contributed by atoms with E-state index < -0.39 is 11.9 Å². The van der Waals surface area contributed by atoms with Gasteiger partial charge in [0.15, 0.2) is 5.84 Å². The van der Waals surface area contributed by atoms with E-state index in [1.165, 1.54) is 0 Å². The van der Waals surface area contributed by atoms with E-state index in [9.17, 15) is 4.79 Å². The Hall–Kier alpha value is -1.90. The van der Waals surface area contributed by atoms with Gasteiger partial charge in [-0.3, -0.25) is 9.79 Å². The van der Waals surface area contributed by atoms with E-state index in [2.05, 4.69) is 9.98 Å². The maximum Gasteiger partial charge on any atom is 0.331 e. The van der Waals surface area contributed by atoms with Gasteiger partial charge in [-0.05, 0) is 20.8 Å². The van der Waals surface area contributed by atoms with E-state index in [0.717, 1.165) is 6.34 Å².